The van der Waals surface area contributed by atoms with Gasteiger partial charge < -0.3 is 25.5 Å². The second kappa shape index (κ2) is 6.69. The van der Waals surface area contributed by atoms with Gasteiger partial charge in [0, 0.05) is 36.2 Å². The van der Waals surface area contributed by atoms with E-state index in [2.05, 4.69) is 4.98 Å². The second-order valence-electron chi connectivity index (χ2n) is 7.72. The van der Waals surface area contributed by atoms with Crippen LogP contribution in [0, 0.1) is 0 Å². The maximum atomic E-state index is 12.4. The van der Waals surface area contributed by atoms with Crippen LogP contribution in [0.1, 0.15) is 56.9 Å². The highest BCUT2D eigenvalue weighted by Gasteiger charge is 2.29. The average molecular weight is 345 g/mol. The van der Waals surface area contributed by atoms with Crippen molar-refractivity contribution < 1.29 is 14.6 Å². The smallest absolute Gasteiger partial charge is 0.410 e. The number of nitrogens with one attached hydrogen (secondary N) is 1. The van der Waals surface area contributed by atoms with Crippen LogP contribution < -0.4 is 5.73 Å². The largest absolute Gasteiger partial charge is 0.444 e. The highest BCUT2D eigenvalue weighted by Crippen LogP contribution is 2.34. The molecule has 0 radical (unpaired) electrons. The number of amides is 1. The van der Waals surface area contributed by atoms with Crippen molar-refractivity contribution in [3.63, 3.8) is 0 Å². The van der Waals surface area contributed by atoms with Crippen LogP contribution in [-0.4, -0.2) is 39.8 Å². The van der Waals surface area contributed by atoms with Crippen LogP contribution >= 0.6 is 0 Å². The monoisotopic (exact) mass is 345 g/mol. The number of carbonyl (C=O) groups is 1. The Balaban J connectivity index is 1.85. The van der Waals surface area contributed by atoms with Crippen LogP contribution in [0.25, 0.3) is 10.9 Å². The predicted octanol–water partition coefficient (Wildman–Crippen LogP) is 3.23. The zero-order valence-electron chi connectivity index (χ0n) is 15.1. The van der Waals surface area contributed by atoms with Crippen LogP contribution in [0.3, 0.4) is 0 Å². The van der Waals surface area contributed by atoms with Gasteiger partial charge in [-0.15, -0.1) is 0 Å². The number of aromatic nitrogens is 1. The van der Waals surface area contributed by atoms with E-state index in [4.69, 9.17) is 10.5 Å². The number of hydrogen-bond acceptors (Lipinski definition) is 4. The topological polar surface area (TPSA) is 91.6 Å². The van der Waals surface area contributed by atoms with Gasteiger partial charge in [-0.05, 0) is 45.2 Å². The van der Waals surface area contributed by atoms with Crippen molar-refractivity contribution in [2.75, 3.05) is 13.1 Å². The zero-order chi connectivity index (χ0) is 18.2. The summed E-state index contributed by atoms with van der Waals surface area (Å²) < 4.78 is 5.52. The molecule has 2 heterocycles. The molecule has 6 nitrogen and oxygen atoms in total. The fourth-order valence-electron chi connectivity index (χ4n) is 3.53. The van der Waals surface area contributed by atoms with Gasteiger partial charge in [0.25, 0.3) is 0 Å². The molecule has 0 saturated carbocycles. The minimum absolute atomic E-state index is 0.239. The van der Waals surface area contributed by atoms with Crippen molar-refractivity contribution in [2.45, 2.75) is 51.4 Å². The van der Waals surface area contributed by atoms with Gasteiger partial charge in [-0.25, -0.2) is 4.79 Å². The molecule has 0 aliphatic carbocycles. The number of ether oxygens (including phenoxy) is 1. The minimum Gasteiger partial charge on any atom is -0.444 e. The highest BCUT2D eigenvalue weighted by atomic mass is 16.6. The third-order valence-corrected chi connectivity index (χ3v) is 4.62. The quantitative estimate of drug-likeness (QED) is 0.729. The van der Waals surface area contributed by atoms with E-state index in [-0.39, 0.29) is 12.0 Å². The SMILES string of the molecule is CC(C)(C)OC(=O)N1CCCC(c2ccc(C(N)O)c3[nH]ccc23)C1. The summed E-state index contributed by atoms with van der Waals surface area (Å²) in [6.07, 6.45) is 2.55. The molecule has 1 aromatic carbocycles. The molecule has 0 spiro atoms. The van der Waals surface area contributed by atoms with E-state index >= 15 is 0 Å². The second-order valence-corrected chi connectivity index (χ2v) is 7.72. The van der Waals surface area contributed by atoms with E-state index in [1.165, 1.54) is 5.56 Å². The number of benzene rings is 1. The summed E-state index contributed by atoms with van der Waals surface area (Å²) in [6, 6.07) is 5.89. The van der Waals surface area contributed by atoms with Crippen molar-refractivity contribution in [3.8, 4) is 0 Å². The molecule has 1 fully saturated rings. The van der Waals surface area contributed by atoms with Gasteiger partial charge in [0.2, 0.25) is 0 Å². The molecule has 1 aliphatic rings. The number of fused-ring (bicyclic) bond motifs is 1. The molecule has 0 bridgehead atoms. The van der Waals surface area contributed by atoms with Crippen LogP contribution in [0.4, 0.5) is 4.79 Å². The summed E-state index contributed by atoms with van der Waals surface area (Å²) in [7, 11) is 0. The van der Waals surface area contributed by atoms with Gasteiger partial charge in [-0.3, -0.25) is 0 Å². The lowest BCUT2D eigenvalue weighted by Crippen LogP contribution is -2.42. The Labute approximate surface area is 147 Å². The van der Waals surface area contributed by atoms with Crippen molar-refractivity contribution >= 4 is 17.0 Å². The summed E-state index contributed by atoms with van der Waals surface area (Å²) in [4.78, 5) is 17.4. The summed E-state index contributed by atoms with van der Waals surface area (Å²) in [6.45, 7) is 7.01. The molecule has 2 aromatic rings. The number of nitrogens with two attached hydrogens (primary N) is 1. The van der Waals surface area contributed by atoms with Crippen molar-refractivity contribution in [3.05, 3.63) is 35.5 Å². The number of likely N-dealkylation sites (tertiary alicyclic amines) is 1. The number of carbonyl (C=O) groups excluding carboxylic acids is 1. The predicted molar refractivity (Wildman–Crippen MR) is 97.2 cm³/mol. The molecule has 2 atom stereocenters. The molecular formula is C19H27N3O3. The third kappa shape index (κ3) is 3.80. The van der Waals surface area contributed by atoms with Gasteiger partial charge in [-0.2, -0.15) is 0 Å². The number of nitrogens with zero attached hydrogens (tertiary/aromatic N) is 1. The molecule has 1 aromatic heterocycles. The maximum absolute atomic E-state index is 12.4. The molecule has 3 rings (SSSR count). The van der Waals surface area contributed by atoms with Crippen molar-refractivity contribution in [1.82, 2.24) is 9.88 Å². The fraction of sp³-hybridized carbons (Fsp3) is 0.526. The van der Waals surface area contributed by atoms with E-state index in [0.717, 1.165) is 30.3 Å². The molecule has 1 aliphatic heterocycles. The molecule has 1 saturated heterocycles. The third-order valence-electron chi connectivity index (χ3n) is 4.62. The molecule has 6 heteroatoms. The van der Waals surface area contributed by atoms with Crippen molar-refractivity contribution in [1.29, 1.82) is 0 Å². The number of rotatable bonds is 2. The molecule has 4 N–H and O–H groups in total. The number of aromatic amines is 1. The standard InChI is InChI=1S/C19H27N3O3/c1-19(2,3)25-18(24)22-10-4-5-12(11-22)13-6-7-15(17(20)23)16-14(13)8-9-21-16/h6-9,12,17,21,23H,4-5,10-11,20H2,1-3H3. The summed E-state index contributed by atoms with van der Waals surface area (Å²) >= 11 is 0. The first-order valence-corrected chi connectivity index (χ1v) is 8.78. The number of aliphatic hydroxyl groups excluding tert-OH is 1. The lowest BCUT2D eigenvalue weighted by Gasteiger charge is -2.34. The van der Waals surface area contributed by atoms with E-state index < -0.39 is 11.8 Å². The van der Waals surface area contributed by atoms with Crippen LogP contribution in [-0.2, 0) is 4.74 Å². The average Bonchev–Trinajstić information content (AvgIpc) is 3.01. The Kier molecular flexibility index (Phi) is 4.75. The van der Waals surface area contributed by atoms with E-state index in [9.17, 15) is 9.90 Å². The number of hydrogen-bond donors (Lipinski definition) is 3. The minimum atomic E-state index is -1.01. The van der Waals surface area contributed by atoms with E-state index in [1.807, 2.05) is 45.2 Å². The number of aliphatic hydroxyl groups is 1. The first-order chi connectivity index (χ1) is 11.8. The van der Waals surface area contributed by atoms with Gasteiger partial charge in [-0.1, -0.05) is 12.1 Å². The van der Waals surface area contributed by atoms with E-state index in [1.54, 1.807) is 4.90 Å². The van der Waals surface area contributed by atoms with Gasteiger partial charge >= 0.3 is 6.09 Å². The highest BCUT2D eigenvalue weighted by molar-refractivity contribution is 5.87. The maximum Gasteiger partial charge on any atom is 0.410 e. The summed E-state index contributed by atoms with van der Waals surface area (Å²) in [5.74, 6) is 0.239. The van der Waals surface area contributed by atoms with Crippen LogP contribution in [0.15, 0.2) is 24.4 Å². The normalized spacial score (nSPS) is 19.9. The molecule has 2 unspecified atom stereocenters. The van der Waals surface area contributed by atoms with Gasteiger partial charge in [0.15, 0.2) is 0 Å². The zero-order valence-corrected chi connectivity index (χ0v) is 15.1. The molecule has 136 valence electrons. The first-order valence-electron chi connectivity index (χ1n) is 8.78. The number of H-pyrrole nitrogens is 1. The Morgan fingerprint density at radius 3 is 2.84 bits per heavy atom. The van der Waals surface area contributed by atoms with E-state index in [0.29, 0.717) is 12.1 Å². The van der Waals surface area contributed by atoms with Crippen LogP contribution in [0.5, 0.6) is 0 Å². The number of piperidine rings is 1. The molecular weight excluding hydrogens is 318 g/mol. The first kappa shape index (κ1) is 17.8. The lowest BCUT2D eigenvalue weighted by molar-refractivity contribution is 0.0198. The van der Waals surface area contributed by atoms with Crippen molar-refractivity contribution in [2.24, 2.45) is 5.73 Å². The van der Waals surface area contributed by atoms with Gasteiger partial charge in [0.05, 0.1) is 5.52 Å². The Morgan fingerprint density at radius 1 is 1.40 bits per heavy atom. The Hall–Kier alpha value is -2.05. The molecule has 1 amide bonds. The lowest BCUT2D eigenvalue weighted by atomic mass is 9.88. The summed E-state index contributed by atoms with van der Waals surface area (Å²) in [5, 5.41) is 10.8. The Morgan fingerprint density at radius 2 is 2.16 bits per heavy atom. The summed E-state index contributed by atoms with van der Waals surface area (Å²) in [5.41, 5.74) is 7.89. The van der Waals surface area contributed by atoms with Crippen LogP contribution in [0.2, 0.25) is 0 Å². The van der Waals surface area contributed by atoms with Gasteiger partial charge in [0.1, 0.15) is 11.8 Å². The molecule has 25 heavy (non-hydrogen) atoms. The fourth-order valence-corrected chi connectivity index (χ4v) is 3.53. The Bertz CT molecular complexity index is 761.